The summed E-state index contributed by atoms with van der Waals surface area (Å²) in [4.78, 5) is 20.9. The second-order valence-electron chi connectivity index (χ2n) is 6.31. The van der Waals surface area contributed by atoms with Crippen LogP contribution in [0.4, 0.5) is 10.1 Å². The number of amides is 1. The molecule has 2 fully saturated rings. The smallest absolute Gasteiger partial charge is 0.269 e. The molecule has 0 radical (unpaired) electrons. The highest BCUT2D eigenvalue weighted by Gasteiger charge is 2.26. The molecule has 1 saturated carbocycles. The molecule has 1 aliphatic carbocycles. The molecule has 1 aliphatic heterocycles. The Kier molecular flexibility index (Phi) is 5.43. The lowest BCUT2D eigenvalue weighted by atomic mass is 10.1. The molecule has 1 saturated heterocycles. The number of hydrogen-bond acceptors (Lipinski definition) is 4. The van der Waals surface area contributed by atoms with Crippen molar-refractivity contribution in [2.45, 2.75) is 31.7 Å². The van der Waals surface area contributed by atoms with E-state index in [1.807, 2.05) is 6.07 Å². The molecule has 2 aliphatic rings. The number of halogens is 1. The van der Waals surface area contributed by atoms with Crippen LogP contribution in [-0.4, -0.2) is 61.2 Å². The summed E-state index contributed by atoms with van der Waals surface area (Å²) in [6.45, 7) is 3.68. The normalized spacial score (nSPS) is 20.0. The zero-order valence-electron chi connectivity index (χ0n) is 13.5. The Morgan fingerprint density at radius 1 is 1.22 bits per heavy atom. The summed E-state index contributed by atoms with van der Waals surface area (Å²) >= 11 is 0. The molecule has 3 rings (SSSR count). The van der Waals surface area contributed by atoms with Gasteiger partial charge in [0.1, 0.15) is 12.4 Å². The van der Waals surface area contributed by atoms with Crippen molar-refractivity contribution in [1.82, 2.24) is 15.2 Å². The van der Waals surface area contributed by atoms with Gasteiger partial charge in [0.15, 0.2) is 0 Å². The standard InChI is InChI=1S/C17H25FN4O/c18-7-8-19-17(23)16-6-5-15(13-20-16)22-11-9-21(10-12-22)14-3-1-2-4-14/h5-6,13-14H,1-4,7-12H2,(H,19,23). The Bertz CT molecular complexity index is 508. The molecule has 126 valence electrons. The van der Waals surface area contributed by atoms with E-state index in [1.54, 1.807) is 12.3 Å². The predicted molar refractivity (Wildman–Crippen MR) is 88.6 cm³/mol. The maximum Gasteiger partial charge on any atom is 0.269 e. The lowest BCUT2D eigenvalue weighted by Gasteiger charge is -2.39. The highest BCUT2D eigenvalue weighted by molar-refractivity contribution is 5.92. The zero-order valence-corrected chi connectivity index (χ0v) is 13.5. The van der Waals surface area contributed by atoms with Crippen LogP contribution in [0.2, 0.25) is 0 Å². The number of piperazine rings is 1. The van der Waals surface area contributed by atoms with E-state index in [4.69, 9.17) is 0 Å². The fraction of sp³-hybridized carbons (Fsp3) is 0.647. The first-order chi connectivity index (χ1) is 11.3. The lowest BCUT2D eigenvalue weighted by molar-refractivity contribution is 0.0946. The molecule has 5 nitrogen and oxygen atoms in total. The van der Waals surface area contributed by atoms with Crippen LogP contribution in [0.25, 0.3) is 0 Å². The van der Waals surface area contributed by atoms with Gasteiger partial charge < -0.3 is 10.2 Å². The van der Waals surface area contributed by atoms with Gasteiger partial charge in [0.25, 0.3) is 5.91 Å². The van der Waals surface area contributed by atoms with E-state index in [-0.39, 0.29) is 12.5 Å². The monoisotopic (exact) mass is 320 g/mol. The summed E-state index contributed by atoms with van der Waals surface area (Å²) in [5, 5.41) is 2.49. The van der Waals surface area contributed by atoms with Crippen LogP contribution in [0.1, 0.15) is 36.2 Å². The van der Waals surface area contributed by atoms with Crippen molar-refractivity contribution in [3.63, 3.8) is 0 Å². The Morgan fingerprint density at radius 2 is 1.96 bits per heavy atom. The molecule has 2 heterocycles. The number of hydrogen-bond donors (Lipinski definition) is 1. The van der Waals surface area contributed by atoms with E-state index in [2.05, 4.69) is 20.1 Å². The van der Waals surface area contributed by atoms with E-state index in [0.717, 1.165) is 37.9 Å². The number of carbonyl (C=O) groups is 1. The van der Waals surface area contributed by atoms with Crippen molar-refractivity contribution in [3.05, 3.63) is 24.0 Å². The highest BCUT2D eigenvalue weighted by Crippen LogP contribution is 2.25. The number of carbonyl (C=O) groups excluding carboxylic acids is 1. The van der Waals surface area contributed by atoms with Crippen molar-refractivity contribution in [1.29, 1.82) is 0 Å². The molecule has 23 heavy (non-hydrogen) atoms. The topological polar surface area (TPSA) is 48.5 Å². The molecular formula is C17H25FN4O. The molecule has 0 aromatic carbocycles. The van der Waals surface area contributed by atoms with Crippen molar-refractivity contribution in [3.8, 4) is 0 Å². The number of aromatic nitrogens is 1. The molecule has 0 bridgehead atoms. The Balaban J connectivity index is 1.53. The van der Waals surface area contributed by atoms with Gasteiger partial charge in [0.2, 0.25) is 0 Å². The lowest BCUT2D eigenvalue weighted by Crippen LogP contribution is -2.49. The largest absolute Gasteiger partial charge is 0.368 e. The SMILES string of the molecule is O=C(NCCF)c1ccc(N2CCN(C3CCCC3)CC2)cn1. The van der Waals surface area contributed by atoms with Gasteiger partial charge in [-0.25, -0.2) is 9.37 Å². The Hall–Kier alpha value is -1.69. The number of rotatable bonds is 5. The minimum atomic E-state index is -0.560. The second-order valence-corrected chi connectivity index (χ2v) is 6.31. The summed E-state index contributed by atoms with van der Waals surface area (Å²) in [7, 11) is 0. The van der Waals surface area contributed by atoms with E-state index in [0.29, 0.717) is 5.69 Å². The van der Waals surface area contributed by atoms with Gasteiger partial charge in [-0.3, -0.25) is 9.69 Å². The molecule has 1 aromatic heterocycles. The fourth-order valence-electron chi connectivity index (χ4n) is 3.57. The quantitative estimate of drug-likeness (QED) is 0.899. The predicted octanol–water partition coefficient (Wildman–Crippen LogP) is 1.85. The minimum absolute atomic E-state index is 0.0331. The summed E-state index contributed by atoms with van der Waals surface area (Å²) in [6.07, 6.45) is 7.20. The third-order valence-corrected chi connectivity index (χ3v) is 4.88. The number of nitrogens with zero attached hydrogens (tertiary/aromatic N) is 3. The summed E-state index contributed by atoms with van der Waals surface area (Å²) in [6, 6.07) is 4.44. The van der Waals surface area contributed by atoms with Crippen LogP contribution >= 0.6 is 0 Å². The molecule has 1 amide bonds. The van der Waals surface area contributed by atoms with Crippen LogP contribution < -0.4 is 10.2 Å². The first kappa shape index (κ1) is 16.2. The first-order valence-electron chi connectivity index (χ1n) is 8.57. The van der Waals surface area contributed by atoms with Gasteiger partial charge in [0, 0.05) is 38.8 Å². The van der Waals surface area contributed by atoms with Gasteiger partial charge in [-0.2, -0.15) is 0 Å². The van der Waals surface area contributed by atoms with Gasteiger partial charge in [0.05, 0.1) is 11.9 Å². The highest BCUT2D eigenvalue weighted by atomic mass is 19.1. The molecule has 1 aromatic rings. The second kappa shape index (κ2) is 7.73. The average Bonchev–Trinajstić information content (AvgIpc) is 3.14. The number of pyridine rings is 1. The molecule has 1 N–H and O–H groups in total. The molecule has 0 spiro atoms. The van der Waals surface area contributed by atoms with Crippen molar-refractivity contribution >= 4 is 11.6 Å². The van der Waals surface area contributed by atoms with E-state index in [9.17, 15) is 9.18 Å². The fourth-order valence-corrected chi connectivity index (χ4v) is 3.57. The molecule has 0 atom stereocenters. The van der Waals surface area contributed by atoms with Crippen LogP contribution in [0, 0.1) is 0 Å². The maximum atomic E-state index is 12.1. The summed E-state index contributed by atoms with van der Waals surface area (Å²) in [5.41, 5.74) is 1.39. The Morgan fingerprint density at radius 3 is 2.57 bits per heavy atom. The van der Waals surface area contributed by atoms with Gasteiger partial charge in [-0.05, 0) is 25.0 Å². The third-order valence-electron chi connectivity index (χ3n) is 4.88. The van der Waals surface area contributed by atoms with E-state index < -0.39 is 6.67 Å². The van der Waals surface area contributed by atoms with Crippen LogP contribution in [0.5, 0.6) is 0 Å². The van der Waals surface area contributed by atoms with Crippen molar-refractivity contribution in [2.24, 2.45) is 0 Å². The summed E-state index contributed by atoms with van der Waals surface area (Å²) < 4.78 is 12.1. The van der Waals surface area contributed by atoms with Crippen molar-refractivity contribution in [2.75, 3.05) is 44.3 Å². The Labute approximate surface area is 136 Å². The van der Waals surface area contributed by atoms with Gasteiger partial charge in [-0.1, -0.05) is 12.8 Å². The van der Waals surface area contributed by atoms with Crippen LogP contribution in [0.3, 0.4) is 0 Å². The van der Waals surface area contributed by atoms with Gasteiger partial charge >= 0.3 is 0 Å². The molecule has 0 unspecified atom stereocenters. The number of anilines is 1. The summed E-state index contributed by atoms with van der Waals surface area (Å²) in [5.74, 6) is -0.319. The maximum absolute atomic E-state index is 12.1. The molecule has 6 heteroatoms. The van der Waals surface area contributed by atoms with Crippen molar-refractivity contribution < 1.29 is 9.18 Å². The molecular weight excluding hydrogens is 295 g/mol. The van der Waals surface area contributed by atoms with Crippen LogP contribution in [-0.2, 0) is 0 Å². The number of alkyl halides is 1. The van der Waals surface area contributed by atoms with Gasteiger partial charge in [-0.15, -0.1) is 0 Å². The number of nitrogens with one attached hydrogen (secondary N) is 1. The van der Waals surface area contributed by atoms with E-state index in [1.165, 1.54) is 25.7 Å². The first-order valence-corrected chi connectivity index (χ1v) is 8.57. The van der Waals surface area contributed by atoms with E-state index >= 15 is 0 Å². The minimum Gasteiger partial charge on any atom is -0.368 e. The third kappa shape index (κ3) is 3.99. The zero-order chi connectivity index (χ0) is 16.1. The van der Waals surface area contributed by atoms with Crippen LogP contribution in [0.15, 0.2) is 18.3 Å². The average molecular weight is 320 g/mol.